The highest BCUT2D eigenvalue weighted by atomic mass is 16.2. The van der Waals surface area contributed by atoms with Crippen LogP contribution in [0.3, 0.4) is 0 Å². The monoisotopic (exact) mass is 255 g/mol. The van der Waals surface area contributed by atoms with Crippen molar-refractivity contribution < 1.29 is 4.79 Å². The van der Waals surface area contributed by atoms with Crippen LogP contribution in [0, 0.1) is 0 Å². The Labute approximate surface area is 112 Å². The molecule has 1 amide bonds. The van der Waals surface area contributed by atoms with Crippen molar-refractivity contribution in [3.05, 3.63) is 42.1 Å². The van der Waals surface area contributed by atoms with Crippen LogP contribution in [0.15, 0.2) is 36.5 Å². The first-order chi connectivity index (χ1) is 9.31. The van der Waals surface area contributed by atoms with Gasteiger partial charge in [-0.3, -0.25) is 9.78 Å². The maximum Gasteiger partial charge on any atom is 0.254 e. The molecule has 2 N–H and O–H groups in total. The van der Waals surface area contributed by atoms with E-state index in [1.165, 1.54) is 0 Å². The minimum absolute atomic E-state index is 0.0755. The Kier molecular flexibility index (Phi) is 3.17. The number of pyridine rings is 1. The topological polar surface area (TPSA) is 59.2 Å². The highest BCUT2D eigenvalue weighted by Gasteiger charge is 2.28. The molecule has 1 unspecified atom stereocenters. The predicted molar refractivity (Wildman–Crippen MR) is 74.9 cm³/mol. The van der Waals surface area contributed by atoms with Crippen LogP contribution in [0.5, 0.6) is 0 Å². The van der Waals surface area contributed by atoms with Crippen molar-refractivity contribution in [3.8, 4) is 0 Å². The molecule has 2 heterocycles. The normalized spacial score (nSPS) is 19.0. The van der Waals surface area contributed by atoms with Gasteiger partial charge < -0.3 is 10.6 Å². The number of nitrogens with zero attached hydrogens (tertiary/aromatic N) is 2. The Bertz CT molecular complexity index is 606. The summed E-state index contributed by atoms with van der Waals surface area (Å²) in [6, 6.07) is 9.68. The van der Waals surface area contributed by atoms with Gasteiger partial charge in [0.05, 0.1) is 5.52 Å². The third-order valence-corrected chi connectivity index (χ3v) is 3.79. The van der Waals surface area contributed by atoms with Crippen LogP contribution in [-0.2, 0) is 0 Å². The lowest BCUT2D eigenvalue weighted by Gasteiger charge is -2.24. The fourth-order valence-electron chi connectivity index (χ4n) is 2.79. The van der Waals surface area contributed by atoms with Crippen LogP contribution in [0.1, 0.15) is 23.2 Å². The van der Waals surface area contributed by atoms with Gasteiger partial charge in [0.1, 0.15) is 0 Å². The van der Waals surface area contributed by atoms with Crippen molar-refractivity contribution in [2.75, 3.05) is 13.1 Å². The highest BCUT2D eigenvalue weighted by Crippen LogP contribution is 2.23. The van der Waals surface area contributed by atoms with Crippen molar-refractivity contribution in [2.24, 2.45) is 5.73 Å². The lowest BCUT2D eigenvalue weighted by molar-refractivity contribution is 0.0743. The minimum Gasteiger partial charge on any atom is -0.334 e. The van der Waals surface area contributed by atoms with Crippen molar-refractivity contribution in [1.29, 1.82) is 0 Å². The molecule has 1 fully saturated rings. The molecule has 2 aromatic rings. The van der Waals surface area contributed by atoms with Crippen molar-refractivity contribution in [1.82, 2.24) is 9.88 Å². The number of hydrogen-bond acceptors (Lipinski definition) is 3. The Morgan fingerprint density at radius 2 is 2.26 bits per heavy atom. The first-order valence-corrected chi connectivity index (χ1v) is 6.66. The predicted octanol–water partition coefficient (Wildman–Crippen LogP) is 1.80. The smallest absolute Gasteiger partial charge is 0.254 e. The molecule has 4 heteroatoms. The molecule has 98 valence electrons. The fraction of sp³-hybridized carbons (Fsp3) is 0.333. The van der Waals surface area contributed by atoms with E-state index < -0.39 is 0 Å². The number of fused-ring (bicyclic) bond motifs is 1. The minimum atomic E-state index is 0.0755. The summed E-state index contributed by atoms with van der Waals surface area (Å²) in [6.45, 7) is 1.34. The van der Waals surface area contributed by atoms with E-state index in [1.54, 1.807) is 6.20 Å². The lowest BCUT2D eigenvalue weighted by Crippen LogP contribution is -2.39. The van der Waals surface area contributed by atoms with Gasteiger partial charge in [-0.1, -0.05) is 12.1 Å². The number of aromatic nitrogens is 1. The van der Waals surface area contributed by atoms with Crippen molar-refractivity contribution in [2.45, 2.75) is 18.9 Å². The number of carbonyl (C=O) groups is 1. The molecule has 1 aromatic heterocycles. The Balaban J connectivity index is 2.02. The van der Waals surface area contributed by atoms with Crippen LogP contribution in [0.25, 0.3) is 10.9 Å². The third-order valence-electron chi connectivity index (χ3n) is 3.79. The summed E-state index contributed by atoms with van der Waals surface area (Å²) in [5, 5.41) is 0.915. The lowest BCUT2D eigenvalue weighted by atomic mass is 10.1. The molecule has 0 radical (unpaired) electrons. The van der Waals surface area contributed by atoms with Crippen molar-refractivity contribution in [3.63, 3.8) is 0 Å². The molecule has 1 aliphatic rings. The van der Waals surface area contributed by atoms with E-state index in [4.69, 9.17) is 5.73 Å². The molecule has 1 atom stereocenters. The van der Waals surface area contributed by atoms with Gasteiger partial charge in [-0.2, -0.15) is 0 Å². The maximum atomic E-state index is 12.7. The molecule has 1 aromatic carbocycles. The second kappa shape index (κ2) is 4.97. The number of rotatable bonds is 2. The van der Waals surface area contributed by atoms with Crippen LogP contribution in [-0.4, -0.2) is 34.9 Å². The van der Waals surface area contributed by atoms with E-state index in [0.29, 0.717) is 6.54 Å². The number of carbonyl (C=O) groups excluding carboxylic acids is 1. The third kappa shape index (κ3) is 2.08. The first-order valence-electron chi connectivity index (χ1n) is 6.66. The number of benzene rings is 1. The van der Waals surface area contributed by atoms with E-state index in [1.807, 2.05) is 35.2 Å². The molecule has 3 rings (SSSR count). The number of amides is 1. The molecule has 0 spiro atoms. The summed E-state index contributed by atoms with van der Waals surface area (Å²) in [6.07, 6.45) is 3.79. The Morgan fingerprint density at radius 3 is 3.11 bits per heavy atom. The molecule has 19 heavy (non-hydrogen) atoms. The quantitative estimate of drug-likeness (QED) is 0.890. The highest BCUT2D eigenvalue weighted by molar-refractivity contribution is 6.06. The molecular formula is C15H17N3O. The zero-order valence-electron chi connectivity index (χ0n) is 10.7. The van der Waals surface area contributed by atoms with Crippen molar-refractivity contribution >= 4 is 16.8 Å². The van der Waals surface area contributed by atoms with Gasteiger partial charge >= 0.3 is 0 Å². The molecule has 0 saturated carbocycles. The summed E-state index contributed by atoms with van der Waals surface area (Å²) in [4.78, 5) is 18.9. The zero-order chi connectivity index (χ0) is 13.2. The molecule has 4 nitrogen and oxygen atoms in total. The van der Waals surface area contributed by atoms with Crippen LogP contribution in [0.2, 0.25) is 0 Å². The summed E-state index contributed by atoms with van der Waals surface area (Å²) in [5.74, 6) is 0.0755. The average Bonchev–Trinajstić information content (AvgIpc) is 2.94. The standard InChI is InChI=1S/C15H17N3O/c16-10-11-4-3-9-18(11)15(19)13-5-1-7-14-12(13)6-2-8-17-14/h1-2,5-8,11H,3-4,9-10,16H2. The fourth-order valence-corrected chi connectivity index (χ4v) is 2.79. The maximum absolute atomic E-state index is 12.7. The SMILES string of the molecule is NCC1CCCN1C(=O)c1cccc2ncccc12. The van der Waals surface area contributed by atoms with Crippen LogP contribution >= 0.6 is 0 Å². The van der Waals surface area contributed by atoms with E-state index >= 15 is 0 Å². The zero-order valence-corrected chi connectivity index (χ0v) is 10.7. The molecular weight excluding hydrogens is 238 g/mol. The van der Waals surface area contributed by atoms with Gasteiger partial charge in [0.2, 0.25) is 0 Å². The van der Waals surface area contributed by atoms with Gasteiger partial charge in [-0.15, -0.1) is 0 Å². The average molecular weight is 255 g/mol. The van der Waals surface area contributed by atoms with Gasteiger partial charge in [0.15, 0.2) is 0 Å². The summed E-state index contributed by atoms with van der Waals surface area (Å²) in [7, 11) is 0. The molecule has 0 aliphatic carbocycles. The second-order valence-corrected chi connectivity index (χ2v) is 4.91. The summed E-state index contributed by atoms with van der Waals surface area (Å²) < 4.78 is 0. The largest absolute Gasteiger partial charge is 0.334 e. The second-order valence-electron chi connectivity index (χ2n) is 4.91. The number of nitrogens with two attached hydrogens (primary N) is 1. The van der Waals surface area contributed by atoms with Gasteiger partial charge in [-0.25, -0.2) is 0 Å². The first kappa shape index (κ1) is 12.1. The van der Waals surface area contributed by atoms with E-state index in [9.17, 15) is 4.79 Å². The van der Waals surface area contributed by atoms with Gasteiger partial charge in [-0.05, 0) is 31.0 Å². The molecule has 1 saturated heterocycles. The number of hydrogen-bond donors (Lipinski definition) is 1. The van der Waals surface area contributed by atoms with E-state index in [2.05, 4.69) is 4.98 Å². The van der Waals surface area contributed by atoms with Gasteiger partial charge in [0.25, 0.3) is 5.91 Å². The number of likely N-dealkylation sites (tertiary alicyclic amines) is 1. The van der Waals surface area contributed by atoms with E-state index in [0.717, 1.165) is 35.9 Å². The van der Waals surface area contributed by atoms with Gasteiger partial charge in [0, 0.05) is 36.3 Å². The molecule has 1 aliphatic heterocycles. The van der Waals surface area contributed by atoms with Crippen LogP contribution in [0.4, 0.5) is 0 Å². The summed E-state index contributed by atoms with van der Waals surface area (Å²) >= 11 is 0. The van der Waals surface area contributed by atoms with Crippen LogP contribution < -0.4 is 5.73 Å². The summed E-state index contributed by atoms with van der Waals surface area (Å²) in [5.41, 5.74) is 7.33. The van der Waals surface area contributed by atoms with E-state index in [-0.39, 0.29) is 11.9 Å². The Morgan fingerprint density at radius 1 is 1.37 bits per heavy atom. The molecule has 0 bridgehead atoms. The Hall–Kier alpha value is -1.94.